The quantitative estimate of drug-likeness (QED) is 0.747. The van der Waals surface area contributed by atoms with E-state index in [9.17, 15) is 4.79 Å². The van der Waals surface area contributed by atoms with Crippen molar-refractivity contribution in [3.05, 3.63) is 36.5 Å². The third-order valence-electron chi connectivity index (χ3n) is 5.11. The number of carbonyl (C=O) groups is 1. The maximum absolute atomic E-state index is 12.7. The SMILES string of the molecule is CN(C)C(=O)C1(CNc2nn3cc(-c4ccccc4)nc3s2)CCCC1. The highest BCUT2D eigenvalue weighted by molar-refractivity contribution is 7.20. The summed E-state index contributed by atoms with van der Waals surface area (Å²) in [6.45, 7) is 0.631. The van der Waals surface area contributed by atoms with E-state index in [1.807, 2.05) is 55.1 Å². The van der Waals surface area contributed by atoms with Crippen molar-refractivity contribution in [2.75, 3.05) is 26.0 Å². The molecule has 7 heteroatoms. The topological polar surface area (TPSA) is 62.5 Å². The summed E-state index contributed by atoms with van der Waals surface area (Å²) in [5.41, 5.74) is 1.71. The van der Waals surface area contributed by atoms with E-state index in [0.29, 0.717) is 6.54 Å². The monoisotopic (exact) mass is 369 g/mol. The number of benzene rings is 1. The van der Waals surface area contributed by atoms with Crippen molar-refractivity contribution in [3.63, 3.8) is 0 Å². The molecule has 4 rings (SSSR count). The second kappa shape index (κ2) is 6.72. The minimum atomic E-state index is -0.299. The van der Waals surface area contributed by atoms with Crippen LogP contribution in [0.4, 0.5) is 5.13 Å². The molecule has 0 saturated heterocycles. The molecule has 136 valence electrons. The molecule has 0 bridgehead atoms. The molecule has 0 aliphatic heterocycles. The van der Waals surface area contributed by atoms with Gasteiger partial charge in [0.1, 0.15) is 0 Å². The normalized spacial score (nSPS) is 16.1. The van der Waals surface area contributed by atoms with Crippen molar-refractivity contribution in [3.8, 4) is 11.3 Å². The van der Waals surface area contributed by atoms with E-state index in [2.05, 4.69) is 15.4 Å². The van der Waals surface area contributed by atoms with Gasteiger partial charge in [0, 0.05) is 26.2 Å². The molecule has 0 atom stereocenters. The Labute approximate surface area is 156 Å². The summed E-state index contributed by atoms with van der Waals surface area (Å²) in [5.74, 6) is 0.218. The first-order valence-electron chi connectivity index (χ1n) is 8.95. The first-order valence-corrected chi connectivity index (χ1v) is 9.76. The zero-order valence-corrected chi connectivity index (χ0v) is 15.9. The number of nitrogens with zero attached hydrogens (tertiary/aromatic N) is 4. The number of fused-ring (bicyclic) bond motifs is 1. The van der Waals surface area contributed by atoms with Crippen LogP contribution in [0.5, 0.6) is 0 Å². The predicted molar refractivity (Wildman–Crippen MR) is 104 cm³/mol. The van der Waals surface area contributed by atoms with Crippen molar-refractivity contribution >= 4 is 27.3 Å². The number of hydrogen-bond donors (Lipinski definition) is 1. The fourth-order valence-electron chi connectivity index (χ4n) is 3.76. The molecule has 1 aromatic carbocycles. The molecule has 6 nitrogen and oxygen atoms in total. The van der Waals surface area contributed by atoms with Gasteiger partial charge in [-0.3, -0.25) is 4.79 Å². The molecule has 1 N–H and O–H groups in total. The fraction of sp³-hybridized carbons (Fsp3) is 0.421. The lowest BCUT2D eigenvalue weighted by Crippen LogP contribution is -2.43. The summed E-state index contributed by atoms with van der Waals surface area (Å²) in [7, 11) is 3.68. The lowest BCUT2D eigenvalue weighted by molar-refractivity contribution is -0.138. The van der Waals surface area contributed by atoms with E-state index < -0.39 is 0 Å². The number of nitrogens with one attached hydrogen (secondary N) is 1. The number of aromatic nitrogens is 3. The Morgan fingerprint density at radius 1 is 1.27 bits per heavy atom. The van der Waals surface area contributed by atoms with Gasteiger partial charge in [-0.1, -0.05) is 54.5 Å². The van der Waals surface area contributed by atoms with Gasteiger partial charge < -0.3 is 10.2 Å². The largest absolute Gasteiger partial charge is 0.359 e. The highest BCUT2D eigenvalue weighted by Crippen LogP contribution is 2.40. The Bertz CT molecular complexity index is 877. The van der Waals surface area contributed by atoms with Gasteiger partial charge in [0.2, 0.25) is 16.0 Å². The Morgan fingerprint density at radius 2 is 2.00 bits per heavy atom. The maximum atomic E-state index is 12.7. The Balaban J connectivity index is 1.51. The number of rotatable bonds is 5. The van der Waals surface area contributed by atoms with Crippen LogP contribution in [0.2, 0.25) is 0 Å². The molecule has 1 amide bonds. The smallest absolute Gasteiger partial charge is 0.230 e. The van der Waals surface area contributed by atoms with E-state index in [0.717, 1.165) is 47.0 Å². The van der Waals surface area contributed by atoms with Gasteiger partial charge in [-0.05, 0) is 12.8 Å². The second-order valence-corrected chi connectivity index (χ2v) is 8.12. The number of imidazole rings is 1. The molecule has 1 fully saturated rings. The highest BCUT2D eigenvalue weighted by atomic mass is 32.1. The minimum Gasteiger partial charge on any atom is -0.359 e. The molecule has 2 heterocycles. The van der Waals surface area contributed by atoms with Crippen molar-refractivity contribution in [2.45, 2.75) is 25.7 Å². The van der Waals surface area contributed by atoms with Crippen molar-refractivity contribution in [2.24, 2.45) is 5.41 Å². The third kappa shape index (κ3) is 3.07. The number of amides is 1. The zero-order chi connectivity index (χ0) is 18.1. The van der Waals surface area contributed by atoms with Crippen LogP contribution in [0, 0.1) is 5.41 Å². The molecular weight excluding hydrogens is 346 g/mol. The molecule has 3 aromatic rings. The zero-order valence-electron chi connectivity index (χ0n) is 15.1. The van der Waals surface area contributed by atoms with Crippen LogP contribution >= 0.6 is 11.3 Å². The first kappa shape index (κ1) is 17.0. The number of anilines is 1. The van der Waals surface area contributed by atoms with Crippen molar-refractivity contribution in [1.29, 1.82) is 0 Å². The van der Waals surface area contributed by atoms with Crippen LogP contribution in [0.1, 0.15) is 25.7 Å². The average molecular weight is 369 g/mol. The molecule has 2 aromatic heterocycles. The Hall–Kier alpha value is -2.41. The summed E-state index contributed by atoms with van der Waals surface area (Å²) in [6, 6.07) is 10.1. The molecule has 26 heavy (non-hydrogen) atoms. The summed E-state index contributed by atoms with van der Waals surface area (Å²) in [4.78, 5) is 19.9. The van der Waals surface area contributed by atoms with Crippen LogP contribution in [0.15, 0.2) is 36.5 Å². The number of hydrogen-bond acceptors (Lipinski definition) is 5. The standard InChI is InChI=1S/C19H23N5OS/c1-23(2)16(25)19(10-6-7-11-19)13-20-17-22-24-12-15(21-18(24)26-17)14-8-4-3-5-9-14/h3-5,8-9,12H,6-7,10-11,13H2,1-2H3,(H,20,22). The maximum Gasteiger partial charge on any atom is 0.230 e. The second-order valence-electron chi connectivity index (χ2n) is 7.17. The van der Waals surface area contributed by atoms with Gasteiger partial charge >= 0.3 is 0 Å². The van der Waals surface area contributed by atoms with E-state index in [1.54, 1.807) is 4.90 Å². The van der Waals surface area contributed by atoms with Gasteiger partial charge in [0.05, 0.1) is 17.3 Å². The molecule has 1 aliphatic carbocycles. The fourth-order valence-corrected chi connectivity index (χ4v) is 4.53. The van der Waals surface area contributed by atoms with Crippen LogP contribution < -0.4 is 5.32 Å². The van der Waals surface area contributed by atoms with Crippen molar-refractivity contribution < 1.29 is 4.79 Å². The van der Waals surface area contributed by atoms with E-state index in [1.165, 1.54) is 11.3 Å². The molecule has 1 saturated carbocycles. The van der Waals surface area contributed by atoms with Crippen LogP contribution in [-0.4, -0.2) is 46.0 Å². The predicted octanol–water partition coefficient (Wildman–Crippen LogP) is 3.52. The molecule has 0 radical (unpaired) electrons. The summed E-state index contributed by atoms with van der Waals surface area (Å²) < 4.78 is 1.81. The summed E-state index contributed by atoms with van der Waals surface area (Å²) in [5, 5.41) is 8.80. The van der Waals surface area contributed by atoms with Gasteiger partial charge in [0.15, 0.2) is 0 Å². The van der Waals surface area contributed by atoms with Gasteiger partial charge in [-0.25, -0.2) is 9.50 Å². The molecule has 0 spiro atoms. The molecular formula is C19H23N5OS. The summed E-state index contributed by atoms with van der Waals surface area (Å²) >= 11 is 1.52. The third-order valence-corrected chi connectivity index (χ3v) is 5.99. The van der Waals surface area contributed by atoms with Crippen LogP contribution in [0.3, 0.4) is 0 Å². The van der Waals surface area contributed by atoms with Crippen molar-refractivity contribution in [1.82, 2.24) is 19.5 Å². The van der Waals surface area contributed by atoms with Gasteiger partial charge in [-0.15, -0.1) is 5.10 Å². The minimum absolute atomic E-state index is 0.218. The van der Waals surface area contributed by atoms with E-state index in [-0.39, 0.29) is 11.3 Å². The lowest BCUT2D eigenvalue weighted by atomic mass is 9.84. The summed E-state index contributed by atoms with van der Waals surface area (Å²) in [6.07, 6.45) is 6.06. The molecule has 0 unspecified atom stereocenters. The van der Waals surface area contributed by atoms with E-state index in [4.69, 9.17) is 0 Å². The number of carbonyl (C=O) groups excluding carboxylic acids is 1. The Morgan fingerprint density at radius 3 is 2.65 bits per heavy atom. The van der Waals surface area contributed by atoms with Crippen LogP contribution in [-0.2, 0) is 4.79 Å². The lowest BCUT2D eigenvalue weighted by Gasteiger charge is -2.30. The first-order chi connectivity index (χ1) is 12.6. The van der Waals surface area contributed by atoms with Gasteiger partial charge in [-0.2, -0.15) is 0 Å². The molecule has 1 aliphatic rings. The average Bonchev–Trinajstić information content (AvgIpc) is 3.35. The Kier molecular flexibility index (Phi) is 4.40. The van der Waals surface area contributed by atoms with Gasteiger partial charge in [0.25, 0.3) is 0 Å². The van der Waals surface area contributed by atoms with E-state index >= 15 is 0 Å². The highest BCUT2D eigenvalue weighted by Gasteiger charge is 2.42. The van der Waals surface area contributed by atoms with Crippen LogP contribution in [0.25, 0.3) is 16.2 Å².